The number of methoxy groups -OCH3 is 1. The second kappa shape index (κ2) is 6.35. The van der Waals surface area contributed by atoms with Gasteiger partial charge in [-0.3, -0.25) is 0 Å². The van der Waals surface area contributed by atoms with Crippen molar-refractivity contribution < 1.29 is 14.3 Å². The summed E-state index contributed by atoms with van der Waals surface area (Å²) in [4.78, 5) is 10.3. The van der Waals surface area contributed by atoms with Crippen molar-refractivity contribution in [2.75, 3.05) is 13.3 Å². The van der Waals surface area contributed by atoms with Crippen LogP contribution in [0.3, 0.4) is 0 Å². The number of allylic oxidation sites excluding steroid dienone is 1. The lowest BCUT2D eigenvalue weighted by molar-refractivity contribution is 0.0862. The van der Waals surface area contributed by atoms with Crippen LogP contribution in [0.5, 0.6) is 0 Å². The average molecular weight is 160 g/mol. The van der Waals surface area contributed by atoms with E-state index < -0.39 is 6.16 Å². The average Bonchev–Trinajstić information content (AvgIpc) is 1.98. The largest absolute Gasteiger partial charge is 0.507 e. The Morgan fingerprint density at radius 2 is 2.50 bits per heavy atom. The molecule has 0 aliphatic heterocycles. The van der Waals surface area contributed by atoms with Gasteiger partial charge < -0.3 is 9.47 Å². The number of carbonyl (C=O) groups is 1. The maximum atomic E-state index is 10.3. The summed E-state index contributed by atoms with van der Waals surface area (Å²) in [5, 5.41) is 0. The van der Waals surface area contributed by atoms with Gasteiger partial charge in [0.05, 0.1) is 22.9 Å². The highest BCUT2D eigenvalue weighted by Gasteiger charge is 1.97. The van der Waals surface area contributed by atoms with Crippen molar-refractivity contribution in [1.82, 2.24) is 0 Å². The monoisotopic (exact) mass is 160 g/mol. The van der Waals surface area contributed by atoms with Crippen LogP contribution in [0.25, 0.3) is 0 Å². The van der Waals surface area contributed by atoms with E-state index in [0.29, 0.717) is 6.23 Å². The van der Waals surface area contributed by atoms with E-state index in [9.17, 15) is 4.79 Å². The second-order valence-electron chi connectivity index (χ2n) is 1.73. The van der Waals surface area contributed by atoms with Gasteiger partial charge in [-0.05, 0) is 6.04 Å². The SMILES string of the molecule is C=CC[SiH2]COC(=O)OC. The first-order chi connectivity index (χ1) is 4.81. The zero-order valence-corrected chi connectivity index (χ0v) is 7.54. The van der Waals surface area contributed by atoms with Crippen molar-refractivity contribution in [3.8, 4) is 0 Å². The van der Waals surface area contributed by atoms with Crippen LogP contribution < -0.4 is 0 Å². The highest BCUT2D eigenvalue weighted by Crippen LogP contribution is 1.83. The Bertz CT molecular complexity index is 114. The number of hydrogen-bond acceptors (Lipinski definition) is 3. The van der Waals surface area contributed by atoms with E-state index >= 15 is 0 Å². The molecule has 0 saturated heterocycles. The molecule has 0 aromatic rings. The molecule has 0 aliphatic carbocycles. The van der Waals surface area contributed by atoms with Crippen LogP contribution in [0.4, 0.5) is 4.79 Å². The molecule has 0 atom stereocenters. The van der Waals surface area contributed by atoms with Crippen molar-refractivity contribution >= 4 is 15.7 Å². The number of hydrogen-bond donors (Lipinski definition) is 0. The summed E-state index contributed by atoms with van der Waals surface area (Å²) in [6, 6.07) is 0.997. The molecule has 0 aromatic heterocycles. The normalized spacial score (nSPS) is 9.70. The minimum absolute atomic E-state index is 0.282. The van der Waals surface area contributed by atoms with Crippen molar-refractivity contribution in [3.05, 3.63) is 12.7 Å². The number of ether oxygens (including phenoxy) is 2. The molecule has 0 N–H and O–H groups in total. The van der Waals surface area contributed by atoms with E-state index in [1.165, 1.54) is 7.11 Å². The fourth-order valence-corrected chi connectivity index (χ4v) is 1.21. The molecule has 3 nitrogen and oxygen atoms in total. The summed E-state index contributed by atoms with van der Waals surface area (Å²) in [5.41, 5.74) is 0. The topological polar surface area (TPSA) is 35.5 Å². The van der Waals surface area contributed by atoms with Gasteiger partial charge in [0.1, 0.15) is 0 Å². The summed E-state index contributed by atoms with van der Waals surface area (Å²) in [5.74, 6) is 0. The molecule has 0 spiro atoms. The first-order valence-corrected chi connectivity index (χ1v) is 5.13. The van der Waals surface area contributed by atoms with Crippen LogP contribution in [0.1, 0.15) is 0 Å². The Hall–Kier alpha value is -0.773. The highest BCUT2D eigenvalue weighted by atomic mass is 28.2. The van der Waals surface area contributed by atoms with Crippen molar-refractivity contribution in [3.63, 3.8) is 0 Å². The third-order valence-electron chi connectivity index (χ3n) is 0.939. The summed E-state index contributed by atoms with van der Waals surface area (Å²) in [6.45, 7) is 3.56. The minimum atomic E-state index is -0.587. The van der Waals surface area contributed by atoms with Gasteiger partial charge in [-0.25, -0.2) is 4.79 Å². The highest BCUT2D eigenvalue weighted by molar-refractivity contribution is 6.36. The van der Waals surface area contributed by atoms with Gasteiger partial charge in [-0.1, -0.05) is 6.08 Å². The van der Waals surface area contributed by atoms with Gasteiger partial charge in [0, 0.05) is 0 Å². The third-order valence-corrected chi connectivity index (χ3v) is 2.25. The van der Waals surface area contributed by atoms with Crippen LogP contribution in [-0.4, -0.2) is 29.0 Å². The van der Waals surface area contributed by atoms with E-state index in [0.717, 1.165) is 6.04 Å². The lowest BCUT2D eigenvalue weighted by atomic mass is 10.8. The van der Waals surface area contributed by atoms with E-state index in [2.05, 4.69) is 16.1 Å². The van der Waals surface area contributed by atoms with E-state index in [4.69, 9.17) is 0 Å². The molecule has 0 heterocycles. The van der Waals surface area contributed by atoms with Crippen LogP contribution in [-0.2, 0) is 9.47 Å². The third kappa shape index (κ3) is 5.37. The molecular formula is C6H12O3Si. The predicted octanol–water partition coefficient (Wildman–Crippen LogP) is 0.500. The predicted molar refractivity (Wildman–Crippen MR) is 41.9 cm³/mol. The van der Waals surface area contributed by atoms with Crippen molar-refractivity contribution in [2.45, 2.75) is 6.04 Å². The van der Waals surface area contributed by atoms with E-state index in [1.807, 2.05) is 6.08 Å². The Labute approximate surface area is 62.8 Å². The van der Waals surface area contributed by atoms with Crippen LogP contribution in [0.15, 0.2) is 12.7 Å². The van der Waals surface area contributed by atoms with Gasteiger partial charge in [-0.15, -0.1) is 6.58 Å². The lowest BCUT2D eigenvalue weighted by Gasteiger charge is -1.99. The van der Waals surface area contributed by atoms with Gasteiger partial charge in [0.15, 0.2) is 0 Å². The van der Waals surface area contributed by atoms with Gasteiger partial charge >= 0.3 is 6.16 Å². The quantitative estimate of drug-likeness (QED) is 0.260. The zero-order valence-electron chi connectivity index (χ0n) is 6.13. The molecule has 0 unspecified atom stereocenters. The fourth-order valence-electron chi connectivity index (χ4n) is 0.442. The van der Waals surface area contributed by atoms with Gasteiger partial charge in [-0.2, -0.15) is 0 Å². The molecule has 0 saturated carbocycles. The molecule has 0 aliphatic rings. The van der Waals surface area contributed by atoms with E-state index in [1.54, 1.807) is 0 Å². The summed E-state index contributed by atoms with van der Waals surface area (Å²) in [6.07, 6.45) is 1.79. The molecule has 0 rings (SSSR count). The summed E-state index contributed by atoms with van der Waals surface area (Å²) < 4.78 is 8.91. The molecule has 4 heteroatoms. The summed E-state index contributed by atoms with van der Waals surface area (Å²) >= 11 is 0. The molecule has 0 bridgehead atoms. The first kappa shape index (κ1) is 9.23. The Balaban J connectivity index is 3.03. The number of carbonyl (C=O) groups excluding carboxylic acids is 1. The Morgan fingerprint density at radius 3 is 3.00 bits per heavy atom. The van der Waals surface area contributed by atoms with Crippen LogP contribution >= 0.6 is 0 Å². The minimum Gasteiger partial charge on any atom is -0.439 e. The molecule has 0 aromatic carbocycles. The molecule has 58 valence electrons. The van der Waals surface area contributed by atoms with Crippen molar-refractivity contribution in [2.24, 2.45) is 0 Å². The van der Waals surface area contributed by atoms with E-state index in [-0.39, 0.29) is 9.52 Å². The fraction of sp³-hybridized carbons (Fsp3) is 0.500. The molecule has 10 heavy (non-hydrogen) atoms. The van der Waals surface area contributed by atoms with Crippen LogP contribution in [0, 0.1) is 0 Å². The molecule has 0 fully saturated rings. The Kier molecular flexibility index (Phi) is 5.86. The Morgan fingerprint density at radius 1 is 1.80 bits per heavy atom. The maximum absolute atomic E-state index is 10.3. The van der Waals surface area contributed by atoms with Crippen molar-refractivity contribution in [1.29, 1.82) is 0 Å². The molecular weight excluding hydrogens is 148 g/mol. The molecule has 0 radical (unpaired) electrons. The van der Waals surface area contributed by atoms with Gasteiger partial charge in [0.2, 0.25) is 0 Å². The second-order valence-corrected chi connectivity index (χ2v) is 3.43. The maximum Gasteiger partial charge on any atom is 0.507 e. The number of rotatable bonds is 4. The smallest absolute Gasteiger partial charge is 0.439 e. The zero-order chi connectivity index (χ0) is 7.82. The van der Waals surface area contributed by atoms with Gasteiger partial charge in [0.25, 0.3) is 0 Å². The standard InChI is InChI=1S/C6H12O3Si/c1-3-4-10-5-9-6(7)8-2/h3H,1,4-5,10H2,2H3. The lowest BCUT2D eigenvalue weighted by Crippen LogP contribution is -2.09. The molecule has 0 amide bonds. The first-order valence-electron chi connectivity index (χ1n) is 3.13. The van der Waals surface area contributed by atoms with Crippen LogP contribution in [0.2, 0.25) is 6.04 Å². The summed E-state index contributed by atoms with van der Waals surface area (Å²) in [7, 11) is 1.02.